The van der Waals surface area contributed by atoms with Gasteiger partial charge in [0.1, 0.15) is 0 Å². The molecule has 5 nitrogen and oxygen atoms in total. The first-order valence-electron chi connectivity index (χ1n) is 5.65. The van der Waals surface area contributed by atoms with E-state index in [0.717, 1.165) is 0 Å². The largest absolute Gasteiger partial charge is 0.481 e. The van der Waals surface area contributed by atoms with Gasteiger partial charge in [0, 0.05) is 17.7 Å². The smallest absolute Gasteiger partial charge is 0.305 e. The van der Waals surface area contributed by atoms with Gasteiger partial charge in [-0.3, -0.25) is 9.59 Å². The molecule has 0 spiro atoms. The van der Waals surface area contributed by atoms with Gasteiger partial charge in [0.05, 0.1) is 18.6 Å². The fourth-order valence-electron chi connectivity index (χ4n) is 1.76. The van der Waals surface area contributed by atoms with Crippen LogP contribution < -0.4 is 5.32 Å². The topological polar surface area (TPSA) is 75.6 Å². The van der Waals surface area contributed by atoms with Crippen molar-refractivity contribution in [1.29, 1.82) is 0 Å². The van der Waals surface area contributed by atoms with Crippen molar-refractivity contribution in [3.63, 3.8) is 0 Å². The Labute approximate surface area is 116 Å². The van der Waals surface area contributed by atoms with Crippen LogP contribution in [0, 0.1) is 0 Å². The van der Waals surface area contributed by atoms with Crippen LogP contribution in [0.15, 0.2) is 24.3 Å². The molecular formula is C13H16ClNO4. The molecule has 6 heteroatoms. The number of aliphatic carboxylic acids is 1. The van der Waals surface area contributed by atoms with E-state index in [9.17, 15) is 9.59 Å². The highest BCUT2D eigenvalue weighted by molar-refractivity contribution is 6.30. The summed E-state index contributed by atoms with van der Waals surface area (Å²) in [5, 5.41) is 12.0. The number of nitrogens with one attached hydrogen (secondary N) is 1. The summed E-state index contributed by atoms with van der Waals surface area (Å²) in [4.78, 5) is 22.9. The minimum atomic E-state index is -1.01. The molecule has 0 fully saturated rings. The van der Waals surface area contributed by atoms with Gasteiger partial charge in [0.25, 0.3) is 5.91 Å². The number of halogens is 1. The van der Waals surface area contributed by atoms with Crippen LogP contribution in [0.2, 0.25) is 5.02 Å². The lowest BCUT2D eigenvalue weighted by atomic mass is 9.98. The second-order valence-electron chi connectivity index (χ2n) is 4.53. The first-order valence-corrected chi connectivity index (χ1v) is 6.03. The molecule has 0 bridgehead atoms. The third-order valence-corrected chi connectivity index (χ3v) is 2.74. The van der Waals surface area contributed by atoms with Gasteiger partial charge in [-0.25, -0.2) is 0 Å². The number of ether oxygens (including phenoxy) is 1. The number of carbonyl (C=O) groups excluding carboxylic acids is 1. The normalized spacial score (nSPS) is 13.6. The summed E-state index contributed by atoms with van der Waals surface area (Å²) < 4.78 is 4.96. The molecule has 0 saturated heterocycles. The van der Waals surface area contributed by atoms with E-state index in [0.29, 0.717) is 10.6 Å². The molecule has 1 amide bonds. The molecule has 1 atom stereocenters. The van der Waals surface area contributed by atoms with Gasteiger partial charge in [-0.05, 0) is 25.1 Å². The Morgan fingerprint density at radius 1 is 1.47 bits per heavy atom. The maximum absolute atomic E-state index is 12.1. The third kappa shape index (κ3) is 4.89. The average Bonchev–Trinajstić information content (AvgIpc) is 2.27. The second-order valence-corrected chi connectivity index (χ2v) is 4.97. The Hall–Kier alpha value is -1.59. The molecule has 0 saturated carbocycles. The van der Waals surface area contributed by atoms with Gasteiger partial charge in [-0.15, -0.1) is 0 Å². The van der Waals surface area contributed by atoms with E-state index < -0.39 is 11.5 Å². The summed E-state index contributed by atoms with van der Waals surface area (Å²) in [5.41, 5.74) is -0.597. The summed E-state index contributed by atoms with van der Waals surface area (Å²) in [6.45, 7) is 1.72. The summed E-state index contributed by atoms with van der Waals surface area (Å²) >= 11 is 5.81. The van der Waals surface area contributed by atoms with Crippen molar-refractivity contribution in [3.8, 4) is 0 Å². The van der Waals surface area contributed by atoms with Crippen molar-refractivity contribution in [3.05, 3.63) is 34.9 Å². The van der Waals surface area contributed by atoms with Crippen molar-refractivity contribution in [2.45, 2.75) is 18.9 Å². The van der Waals surface area contributed by atoms with Gasteiger partial charge in [-0.1, -0.05) is 17.7 Å². The van der Waals surface area contributed by atoms with Crippen molar-refractivity contribution >= 4 is 23.5 Å². The Bertz CT molecular complexity index is 477. The van der Waals surface area contributed by atoms with Crippen molar-refractivity contribution in [1.82, 2.24) is 5.32 Å². The Balaban J connectivity index is 2.84. The van der Waals surface area contributed by atoms with Crippen molar-refractivity contribution < 1.29 is 19.4 Å². The molecule has 19 heavy (non-hydrogen) atoms. The SMILES string of the molecule is COCC(C)(CC(=O)O)NC(=O)c1cccc(Cl)c1. The quantitative estimate of drug-likeness (QED) is 0.838. The van der Waals surface area contributed by atoms with E-state index in [1.807, 2.05) is 0 Å². The molecule has 1 unspecified atom stereocenters. The lowest BCUT2D eigenvalue weighted by Crippen LogP contribution is -2.50. The van der Waals surface area contributed by atoms with E-state index in [1.165, 1.54) is 13.2 Å². The van der Waals surface area contributed by atoms with E-state index in [-0.39, 0.29) is 18.9 Å². The van der Waals surface area contributed by atoms with E-state index >= 15 is 0 Å². The number of benzene rings is 1. The number of carbonyl (C=O) groups is 2. The van der Waals surface area contributed by atoms with Gasteiger partial charge in [0.2, 0.25) is 0 Å². The minimum Gasteiger partial charge on any atom is -0.481 e. The first kappa shape index (κ1) is 15.5. The number of amides is 1. The highest BCUT2D eigenvalue weighted by atomic mass is 35.5. The van der Waals surface area contributed by atoms with Crippen LogP contribution in [-0.4, -0.2) is 36.2 Å². The zero-order valence-electron chi connectivity index (χ0n) is 10.8. The summed E-state index contributed by atoms with van der Waals surface area (Å²) in [7, 11) is 1.45. The number of carboxylic acids is 1. The number of carboxylic acid groups (broad SMARTS) is 1. The fourth-order valence-corrected chi connectivity index (χ4v) is 1.95. The number of rotatable bonds is 6. The van der Waals surface area contributed by atoms with Crippen LogP contribution in [0.3, 0.4) is 0 Å². The summed E-state index contributed by atoms with van der Waals surface area (Å²) in [6.07, 6.45) is -0.229. The first-order chi connectivity index (χ1) is 8.86. The highest BCUT2D eigenvalue weighted by Crippen LogP contribution is 2.14. The van der Waals surface area contributed by atoms with Gasteiger partial charge in [-0.2, -0.15) is 0 Å². The van der Waals surface area contributed by atoms with E-state index in [2.05, 4.69) is 5.32 Å². The van der Waals surface area contributed by atoms with Crippen LogP contribution in [-0.2, 0) is 9.53 Å². The highest BCUT2D eigenvalue weighted by Gasteiger charge is 2.29. The maximum Gasteiger partial charge on any atom is 0.305 e. The van der Waals surface area contributed by atoms with Crippen molar-refractivity contribution in [2.24, 2.45) is 0 Å². The van der Waals surface area contributed by atoms with E-state index in [4.69, 9.17) is 21.4 Å². The molecule has 0 aromatic heterocycles. The second kappa shape index (κ2) is 6.54. The molecule has 1 aromatic rings. The standard InChI is InChI=1S/C13H16ClNO4/c1-13(8-19-2,7-11(16)17)15-12(18)9-4-3-5-10(14)6-9/h3-6H,7-8H2,1-2H3,(H,15,18)(H,16,17). The summed E-state index contributed by atoms with van der Waals surface area (Å²) in [6, 6.07) is 6.44. The molecule has 1 rings (SSSR count). The molecule has 0 aliphatic rings. The van der Waals surface area contributed by atoms with Crippen molar-refractivity contribution in [2.75, 3.05) is 13.7 Å². The molecule has 2 N–H and O–H groups in total. The van der Waals surface area contributed by atoms with Crippen LogP contribution in [0.5, 0.6) is 0 Å². The minimum absolute atomic E-state index is 0.103. The summed E-state index contributed by atoms with van der Waals surface area (Å²) in [5.74, 6) is -1.39. The Morgan fingerprint density at radius 3 is 2.68 bits per heavy atom. The predicted octanol–water partition coefficient (Wildman–Crippen LogP) is 1.95. The Kier molecular flexibility index (Phi) is 5.32. The fraction of sp³-hybridized carbons (Fsp3) is 0.385. The van der Waals surface area contributed by atoms with Crippen LogP contribution >= 0.6 is 11.6 Å². The van der Waals surface area contributed by atoms with Gasteiger partial charge < -0.3 is 15.2 Å². The molecule has 1 aromatic carbocycles. The molecule has 0 radical (unpaired) electrons. The van der Waals surface area contributed by atoms with Gasteiger partial charge in [0.15, 0.2) is 0 Å². The number of methoxy groups -OCH3 is 1. The Morgan fingerprint density at radius 2 is 2.16 bits per heavy atom. The van der Waals surface area contributed by atoms with Gasteiger partial charge >= 0.3 is 5.97 Å². The zero-order chi connectivity index (χ0) is 14.5. The lowest BCUT2D eigenvalue weighted by molar-refractivity contribution is -0.139. The molecule has 0 heterocycles. The zero-order valence-corrected chi connectivity index (χ0v) is 11.5. The lowest BCUT2D eigenvalue weighted by Gasteiger charge is -2.28. The van der Waals surface area contributed by atoms with Crippen LogP contribution in [0.4, 0.5) is 0 Å². The number of hydrogen-bond acceptors (Lipinski definition) is 3. The maximum atomic E-state index is 12.1. The molecule has 0 aliphatic carbocycles. The average molecular weight is 286 g/mol. The monoisotopic (exact) mass is 285 g/mol. The third-order valence-electron chi connectivity index (χ3n) is 2.51. The van der Waals surface area contributed by atoms with Crippen LogP contribution in [0.25, 0.3) is 0 Å². The van der Waals surface area contributed by atoms with Crippen LogP contribution in [0.1, 0.15) is 23.7 Å². The van der Waals surface area contributed by atoms with E-state index in [1.54, 1.807) is 25.1 Å². The molecule has 104 valence electrons. The number of hydrogen-bond donors (Lipinski definition) is 2. The molecular weight excluding hydrogens is 270 g/mol. The molecule has 0 aliphatic heterocycles. The predicted molar refractivity (Wildman–Crippen MR) is 71.5 cm³/mol.